The van der Waals surface area contributed by atoms with E-state index >= 15 is 0 Å². The van der Waals surface area contributed by atoms with Crippen molar-refractivity contribution in [3.05, 3.63) is 4.91 Å². The van der Waals surface area contributed by atoms with Crippen LogP contribution in [0.2, 0.25) is 0 Å². The predicted molar refractivity (Wildman–Crippen MR) is 41.8 cm³/mol. The monoisotopic (exact) mass is 179 g/mol. The van der Waals surface area contributed by atoms with Crippen LogP contribution in [0, 0.1) is 4.91 Å². The topological polar surface area (TPSA) is 53.0 Å². The van der Waals surface area contributed by atoms with E-state index in [0.29, 0.717) is 13.0 Å². The van der Waals surface area contributed by atoms with Gasteiger partial charge in [-0.2, -0.15) is 5.01 Å². The van der Waals surface area contributed by atoms with Gasteiger partial charge in [0.15, 0.2) is 0 Å². The van der Waals surface area contributed by atoms with Crippen LogP contribution in [0.5, 0.6) is 0 Å². The molecule has 0 aliphatic carbocycles. The van der Waals surface area contributed by atoms with Gasteiger partial charge in [-0.05, 0) is 6.42 Å². The van der Waals surface area contributed by atoms with Gasteiger partial charge in [-0.25, -0.2) is 9.21 Å². The molecule has 0 atom stereocenters. The average molecular weight is 180 g/mol. The first-order chi connectivity index (χ1) is 5.13. The van der Waals surface area contributed by atoms with E-state index in [-0.39, 0.29) is 0 Å². The van der Waals surface area contributed by atoms with Gasteiger partial charge in [0, 0.05) is 25.4 Å². The number of amides is 2. The Morgan fingerprint density at radius 3 is 2.45 bits per heavy atom. The summed E-state index contributed by atoms with van der Waals surface area (Å²) in [6, 6.07) is -0.608. The molecule has 0 aromatic heterocycles. The minimum Gasteiger partial charge on any atom is -0.245 e. The number of rotatable bonds is 3. The van der Waals surface area contributed by atoms with Gasteiger partial charge in [-0.1, -0.05) is 6.92 Å². The van der Waals surface area contributed by atoms with Gasteiger partial charge in [0.05, 0.1) is 5.29 Å². The van der Waals surface area contributed by atoms with E-state index in [1.165, 1.54) is 7.05 Å². The Balaban J connectivity index is 4.02. The van der Waals surface area contributed by atoms with Crippen LogP contribution < -0.4 is 0 Å². The molecule has 5 nitrogen and oxygen atoms in total. The summed E-state index contributed by atoms with van der Waals surface area (Å²) in [4.78, 5) is 20.9. The second-order valence-corrected chi connectivity index (χ2v) is 2.47. The van der Waals surface area contributed by atoms with Crippen molar-refractivity contribution in [2.24, 2.45) is 5.29 Å². The van der Waals surface area contributed by atoms with E-state index in [1.54, 1.807) is 0 Å². The summed E-state index contributed by atoms with van der Waals surface area (Å²) >= 11 is 5.28. The molecule has 0 heterocycles. The first-order valence-electron chi connectivity index (χ1n) is 3.17. The zero-order valence-corrected chi connectivity index (χ0v) is 7.21. The molecule has 0 aliphatic heterocycles. The van der Waals surface area contributed by atoms with Crippen LogP contribution in [-0.2, 0) is 0 Å². The number of nitroso groups, excluding NO2 is 1. The molecule has 64 valence electrons. The molecule has 0 aromatic rings. The molecule has 0 fully saturated rings. The van der Waals surface area contributed by atoms with Gasteiger partial charge < -0.3 is 0 Å². The Morgan fingerprint density at radius 1 is 1.64 bits per heavy atom. The molecule has 2 amide bonds. The number of hydrogen-bond acceptors (Lipinski definition) is 3. The Kier molecular flexibility index (Phi) is 4.52. The van der Waals surface area contributed by atoms with E-state index in [1.807, 2.05) is 6.92 Å². The molecule has 11 heavy (non-hydrogen) atoms. The number of halogens is 1. The van der Waals surface area contributed by atoms with Crippen molar-refractivity contribution in [3.8, 4) is 0 Å². The van der Waals surface area contributed by atoms with Crippen molar-refractivity contribution >= 4 is 17.8 Å². The maximum absolute atomic E-state index is 10.9. The van der Waals surface area contributed by atoms with Gasteiger partial charge in [0.2, 0.25) is 0 Å². The normalized spacial score (nSPS) is 9.00. The largest absolute Gasteiger partial charge is 0.357 e. The number of nitrogens with zero attached hydrogens (tertiary/aromatic N) is 3. The average Bonchev–Trinajstić information content (AvgIpc) is 1.98. The summed E-state index contributed by atoms with van der Waals surface area (Å²) < 4.78 is 0.789. The van der Waals surface area contributed by atoms with Gasteiger partial charge in [-0.3, -0.25) is 0 Å². The van der Waals surface area contributed by atoms with E-state index in [2.05, 4.69) is 5.29 Å². The predicted octanol–water partition coefficient (Wildman–Crippen LogP) is 1.59. The third-order valence-electron chi connectivity index (χ3n) is 1.02. The highest BCUT2D eigenvalue weighted by molar-refractivity contribution is 6.20. The smallest absolute Gasteiger partial charge is 0.245 e. The molecule has 0 spiro atoms. The lowest BCUT2D eigenvalue weighted by molar-refractivity contribution is 0.185. The third-order valence-corrected chi connectivity index (χ3v) is 1.16. The molecule has 0 N–H and O–H groups in total. The Morgan fingerprint density at radius 2 is 2.18 bits per heavy atom. The molecule has 0 aromatic carbocycles. The van der Waals surface area contributed by atoms with Crippen LogP contribution in [0.25, 0.3) is 0 Å². The zero-order chi connectivity index (χ0) is 8.85. The minimum absolute atomic E-state index is 0.291. The molecule has 0 saturated carbocycles. The van der Waals surface area contributed by atoms with Crippen molar-refractivity contribution in [1.82, 2.24) is 9.43 Å². The van der Waals surface area contributed by atoms with Crippen molar-refractivity contribution in [2.75, 3.05) is 13.6 Å². The molecule has 0 rings (SSSR count). The maximum atomic E-state index is 10.9. The molecule has 0 unspecified atom stereocenters. The fourth-order valence-corrected chi connectivity index (χ4v) is 0.630. The fraction of sp³-hybridized carbons (Fsp3) is 0.800. The van der Waals surface area contributed by atoms with Gasteiger partial charge in [0.1, 0.15) is 0 Å². The van der Waals surface area contributed by atoms with E-state index < -0.39 is 6.03 Å². The summed E-state index contributed by atoms with van der Waals surface area (Å²) in [5, 5.41) is 3.28. The second kappa shape index (κ2) is 4.90. The Bertz CT molecular complexity index is 151. The summed E-state index contributed by atoms with van der Waals surface area (Å²) in [6.07, 6.45) is 0.669. The summed E-state index contributed by atoms with van der Waals surface area (Å²) in [5.74, 6) is 0. The summed E-state index contributed by atoms with van der Waals surface area (Å²) in [5.41, 5.74) is 0. The van der Waals surface area contributed by atoms with Gasteiger partial charge in [-0.15, -0.1) is 4.91 Å². The Hall–Kier alpha value is -0.840. The second-order valence-electron chi connectivity index (χ2n) is 1.96. The van der Waals surface area contributed by atoms with Crippen molar-refractivity contribution in [1.29, 1.82) is 0 Å². The molecule has 6 heteroatoms. The van der Waals surface area contributed by atoms with E-state index in [0.717, 1.165) is 9.43 Å². The summed E-state index contributed by atoms with van der Waals surface area (Å²) in [6.45, 7) is 2.12. The lowest BCUT2D eigenvalue weighted by atomic mass is 10.5. The van der Waals surface area contributed by atoms with Crippen LogP contribution in [-0.4, -0.2) is 29.1 Å². The highest BCUT2D eigenvalue weighted by atomic mass is 35.5. The maximum Gasteiger partial charge on any atom is 0.357 e. The van der Waals surface area contributed by atoms with E-state index in [9.17, 15) is 9.70 Å². The van der Waals surface area contributed by atoms with Crippen LogP contribution in [0.15, 0.2) is 5.29 Å². The molecule has 0 saturated heterocycles. The van der Waals surface area contributed by atoms with Crippen LogP contribution in [0.4, 0.5) is 4.79 Å². The van der Waals surface area contributed by atoms with Gasteiger partial charge >= 0.3 is 6.03 Å². The molecule has 0 radical (unpaired) electrons. The number of carbonyl (C=O) groups is 1. The molecule has 0 bridgehead atoms. The quantitative estimate of drug-likeness (QED) is 0.375. The zero-order valence-electron chi connectivity index (χ0n) is 6.45. The summed E-state index contributed by atoms with van der Waals surface area (Å²) in [7, 11) is 1.34. The van der Waals surface area contributed by atoms with Crippen molar-refractivity contribution in [2.45, 2.75) is 13.3 Å². The fourth-order valence-electron chi connectivity index (χ4n) is 0.542. The number of urea groups is 1. The molecular weight excluding hydrogens is 170 g/mol. The SMILES string of the molecule is CCCN(N=O)C(=O)N(C)Cl. The number of hydrogen-bond donors (Lipinski definition) is 0. The van der Waals surface area contributed by atoms with E-state index in [4.69, 9.17) is 11.8 Å². The highest BCUT2D eigenvalue weighted by Gasteiger charge is 2.15. The first-order valence-corrected chi connectivity index (χ1v) is 3.51. The van der Waals surface area contributed by atoms with Crippen LogP contribution in [0.3, 0.4) is 0 Å². The van der Waals surface area contributed by atoms with Crippen molar-refractivity contribution in [3.63, 3.8) is 0 Å². The van der Waals surface area contributed by atoms with Gasteiger partial charge in [0.25, 0.3) is 0 Å². The first kappa shape index (κ1) is 10.2. The molecular formula is C5H10ClN3O2. The van der Waals surface area contributed by atoms with Crippen LogP contribution in [0.1, 0.15) is 13.3 Å². The minimum atomic E-state index is -0.608. The lowest BCUT2D eigenvalue weighted by Gasteiger charge is -2.14. The van der Waals surface area contributed by atoms with Crippen LogP contribution >= 0.6 is 11.8 Å². The Labute approximate surface area is 70.0 Å². The standard InChI is InChI=1S/C5H10ClN3O2/c1-3-4-9(7-11)5(10)8(2)6/h3-4H2,1-2H3. The lowest BCUT2D eigenvalue weighted by Crippen LogP contribution is -2.32. The third kappa shape index (κ3) is 3.18. The highest BCUT2D eigenvalue weighted by Crippen LogP contribution is 2.00. The number of carbonyl (C=O) groups excluding carboxylic acids is 1. The van der Waals surface area contributed by atoms with Crippen molar-refractivity contribution < 1.29 is 4.79 Å². The molecule has 0 aliphatic rings.